The number of ether oxygens (including phenoxy) is 1. The number of halogens is 2. The Morgan fingerprint density at radius 1 is 1.08 bits per heavy atom. The number of nitrogens with zero attached hydrogens (tertiary/aromatic N) is 1. The molecule has 2 rings (SSSR count). The lowest BCUT2D eigenvalue weighted by Crippen LogP contribution is -2.36. The third kappa shape index (κ3) is 6.51. The first-order valence-corrected chi connectivity index (χ1v) is 9.22. The fourth-order valence-corrected chi connectivity index (χ4v) is 3.33. The molecule has 0 atom stereocenters. The van der Waals surface area contributed by atoms with E-state index in [1.54, 1.807) is 11.0 Å². The van der Waals surface area contributed by atoms with Gasteiger partial charge in [0.05, 0.1) is 4.47 Å². The highest BCUT2D eigenvalue weighted by atomic mass is 79.9. The normalized spacial score (nSPS) is 10.3. The van der Waals surface area contributed by atoms with Crippen molar-refractivity contribution in [3.63, 3.8) is 0 Å². The van der Waals surface area contributed by atoms with Gasteiger partial charge in [0.1, 0.15) is 5.75 Å². The minimum Gasteiger partial charge on any atom is -0.483 e. The Balaban J connectivity index is 2.02. The molecule has 0 aliphatic heterocycles. The summed E-state index contributed by atoms with van der Waals surface area (Å²) in [6, 6.07) is 15.0. The lowest BCUT2D eigenvalue weighted by Gasteiger charge is -2.22. The van der Waals surface area contributed by atoms with E-state index >= 15 is 0 Å². The fraction of sp³-hybridized carbons (Fsp3) is 0.222. The van der Waals surface area contributed by atoms with Crippen molar-refractivity contribution < 1.29 is 14.3 Å². The van der Waals surface area contributed by atoms with E-state index in [2.05, 4.69) is 31.9 Å². The molecule has 0 aromatic heterocycles. The molecular formula is C18H18Br2N2O3. The van der Waals surface area contributed by atoms with Crippen LogP contribution < -0.4 is 10.5 Å². The second-order valence-electron chi connectivity index (χ2n) is 5.38. The van der Waals surface area contributed by atoms with Gasteiger partial charge in [-0.15, -0.1) is 0 Å². The Hall–Kier alpha value is -1.86. The maximum absolute atomic E-state index is 12.5. The number of amides is 2. The highest BCUT2D eigenvalue weighted by Crippen LogP contribution is 2.28. The molecule has 5 nitrogen and oxygen atoms in total. The van der Waals surface area contributed by atoms with Gasteiger partial charge in [-0.2, -0.15) is 0 Å². The highest BCUT2D eigenvalue weighted by Gasteiger charge is 2.16. The van der Waals surface area contributed by atoms with Crippen molar-refractivity contribution in [1.82, 2.24) is 4.90 Å². The maximum Gasteiger partial charge on any atom is 0.260 e. The van der Waals surface area contributed by atoms with Gasteiger partial charge in [0, 0.05) is 24.0 Å². The van der Waals surface area contributed by atoms with Crippen molar-refractivity contribution in [1.29, 1.82) is 0 Å². The third-order valence-electron chi connectivity index (χ3n) is 3.44. The number of benzene rings is 2. The third-order valence-corrected chi connectivity index (χ3v) is 4.56. The van der Waals surface area contributed by atoms with Crippen molar-refractivity contribution >= 4 is 43.7 Å². The van der Waals surface area contributed by atoms with Gasteiger partial charge in [-0.25, -0.2) is 0 Å². The monoisotopic (exact) mass is 468 g/mol. The summed E-state index contributed by atoms with van der Waals surface area (Å²) in [5, 5.41) is 0. The van der Waals surface area contributed by atoms with Crippen molar-refractivity contribution in [2.45, 2.75) is 13.0 Å². The predicted molar refractivity (Wildman–Crippen MR) is 103 cm³/mol. The van der Waals surface area contributed by atoms with Crippen LogP contribution in [-0.4, -0.2) is 29.9 Å². The quantitative estimate of drug-likeness (QED) is 0.643. The molecule has 0 saturated carbocycles. The summed E-state index contributed by atoms with van der Waals surface area (Å²) >= 11 is 6.76. The van der Waals surface area contributed by atoms with Crippen LogP contribution in [0.3, 0.4) is 0 Å². The van der Waals surface area contributed by atoms with E-state index in [-0.39, 0.29) is 25.5 Å². The lowest BCUT2D eigenvalue weighted by atomic mass is 10.2. The van der Waals surface area contributed by atoms with Crippen molar-refractivity contribution in [3.05, 3.63) is 63.0 Å². The molecule has 0 aliphatic carbocycles. The summed E-state index contributed by atoms with van der Waals surface area (Å²) in [5.74, 6) is -0.0755. The van der Waals surface area contributed by atoms with Gasteiger partial charge in [0.25, 0.3) is 5.91 Å². The van der Waals surface area contributed by atoms with Crippen LogP contribution in [0.25, 0.3) is 0 Å². The molecule has 0 saturated heterocycles. The first-order chi connectivity index (χ1) is 12.0. The van der Waals surface area contributed by atoms with Crippen LogP contribution in [-0.2, 0) is 16.1 Å². The number of carbonyl (C=O) groups is 2. The zero-order valence-corrected chi connectivity index (χ0v) is 16.6. The van der Waals surface area contributed by atoms with Gasteiger partial charge < -0.3 is 15.4 Å². The molecule has 2 N–H and O–H groups in total. The van der Waals surface area contributed by atoms with Crippen LogP contribution in [0.15, 0.2) is 57.5 Å². The summed E-state index contributed by atoms with van der Waals surface area (Å²) in [6.07, 6.45) is 0.112. The number of nitrogens with two attached hydrogens (primary N) is 1. The molecule has 2 aromatic carbocycles. The Morgan fingerprint density at radius 2 is 1.80 bits per heavy atom. The number of hydrogen-bond donors (Lipinski definition) is 1. The molecule has 0 radical (unpaired) electrons. The van der Waals surface area contributed by atoms with E-state index in [4.69, 9.17) is 10.5 Å². The number of primary amides is 1. The standard InChI is InChI=1S/C18H18Br2N2O3/c19-14-6-7-16(15(20)10-14)25-12-18(24)22(9-8-17(21)23)11-13-4-2-1-3-5-13/h1-7,10H,8-9,11-12H2,(H2,21,23). The molecular weight excluding hydrogens is 452 g/mol. The van der Waals surface area contributed by atoms with Gasteiger partial charge in [0.2, 0.25) is 5.91 Å². The van der Waals surface area contributed by atoms with Crippen molar-refractivity contribution in [2.75, 3.05) is 13.2 Å². The first-order valence-electron chi connectivity index (χ1n) is 7.63. The summed E-state index contributed by atoms with van der Waals surface area (Å²) < 4.78 is 7.26. The van der Waals surface area contributed by atoms with E-state index in [1.165, 1.54) is 0 Å². The molecule has 0 bridgehead atoms. The Labute approximate surface area is 163 Å². The van der Waals surface area contributed by atoms with Gasteiger partial charge in [-0.05, 0) is 39.7 Å². The smallest absolute Gasteiger partial charge is 0.260 e. The second kappa shape index (κ2) is 9.58. The first kappa shape index (κ1) is 19.5. The van der Waals surface area contributed by atoms with Gasteiger partial charge in [-0.1, -0.05) is 46.3 Å². The predicted octanol–water partition coefficient (Wildman–Crippen LogP) is 3.49. The number of carbonyl (C=O) groups excluding carboxylic acids is 2. The maximum atomic E-state index is 12.5. The Bertz CT molecular complexity index is 738. The highest BCUT2D eigenvalue weighted by molar-refractivity contribution is 9.11. The average molecular weight is 470 g/mol. The van der Waals surface area contributed by atoms with Crippen LogP contribution >= 0.6 is 31.9 Å². The average Bonchev–Trinajstić information content (AvgIpc) is 2.58. The molecule has 2 amide bonds. The summed E-state index contributed by atoms with van der Waals surface area (Å²) in [4.78, 5) is 25.2. The zero-order valence-electron chi connectivity index (χ0n) is 13.5. The summed E-state index contributed by atoms with van der Waals surface area (Å²) in [6.45, 7) is 0.539. The van der Waals surface area contributed by atoms with Crippen LogP contribution in [0.4, 0.5) is 0 Å². The molecule has 132 valence electrons. The molecule has 0 aliphatic rings. The SMILES string of the molecule is NC(=O)CCN(Cc1ccccc1)C(=O)COc1ccc(Br)cc1Br. The Morgan fingerprint density at radius 3 is 2.44 bits per heavy atom. The van der Waals surface area contributed by atoms with Crippen LogP contribution in [0, 0.1) is 0 Å². The minimum absolute atomic E-state index is 0.112. The summed E-state index contributed by atoms with van der Waals surface area (Å²) in [7, 11) is 0. The molecule has 0 fully saturated rings. The molecule has 0 heterocycles. The van der Waals surface area contributed by atoms with Crippen LogP contribution in [0.2, 0.25) is 0 Å². The van der Waals surface area contributed by atoms with Crippen LogP contribution in [0.1, 0.15) is 12.0 Å². The van der Waals surface area contributed by atoms with Crippen molar-refractivity contribution in [2.24, 2.45) is 5.73 Å². The largest absolute Gasteiger partial charge is 0.483 e. The van der Waals surface area contributed by atoms with E-state index in [0.717, 1.165) is 14.5 Å². The van der Waals surface area contributed by atoms with E-state index in [9.17, 15) is 9.59 Å². The number of hydrogen-bond acceptors (Lipinski definition) is 3. The molecule has 25 heavy (non-hydrogen) atoms. The minimum atomic E-state index is -0.442. The number of rotatable bonds is 8. The molecule has 2 aromatic rings. The van der Waals surface area contributed by atoms with Gasteiger partial charge >= 0.3 is 0 Å². The van der Waals surface area contributed by atoms with Gasteiger partial charge in [0.15, 0.2) is 6.61 Å². The second-order valence-corrected chi connectivity index (χ2v) is 7.15. The van der Waals surface area contributed by atoms with E-state index < -0.39 is 5.91 Å². The van der Waals surface area contributed by atoms with E-state index in [1.807, 2.05) is 42.5 Å². The van der Waals surface area contributed by atoms with E-state index in [0.29, 0.717) is 12.3 Å². The molecule has 7 heteroatoms. The Kier molecular flexibility index (Phi) is 7.46. The topological polar surface area (TPSA) is 72.6 Å². The van der Waals surface area contributed by atoms with Crippen molar-refractivity contribution in [3.8, 4) is 5.75 Å². The van der Waals surface area contributed by atoms with Gasteiger partial charge in [-0.3, -0.25) is 9.59 Å². The summed E-state index contributed by atoms with van der Waals surface area (Å²) in [5.41, 5.74) is 6.19. The van der Waals surface area contributed by atoms with Crippen LogP contribution in [0.5, 0.6) is 5.75 Å². The lowest BCUT2D eigenvalue weighted by molar-refractivity contribution is -0.134. The molecule has 0 spiro atoms. The zero-order chi connectivity index (χ0) is 18.2. The molecule has 0 unspecified atom stereocenters. The fourth-order valence-electron chi connectivity index (χ4n) is 2.16.